The summed E-state index contributed by atoms with van der Waals surface area (Å²) < 4.78 is 12.7. The van der Waals surface area contributed by atoms with Crippen LogP contribution in [0.4, 0.5) is 15.8 Å². The number of hydrogen-bond donors (Lipinski definition) is 2. The topological polar surface area (TPSA) is 67.2 Å². The van der Waals surface area contributed by atoms with Crippen molar-refractivity contribution < 1.29 is 9.31 Å². The zero-order valence-electron chi connectivity index (χ0n) is 11.4. The van der Waals surface area contributed by atoms with Crippen LogP contribution in [0, 0.1) is 15.9 Å². The Morgan fingerprint density at radius 3 is 2.29 bits per heavy atom. The number of nitro benzene ring substituents is 1. The first-order chi connectivity index (χ1) is 10.1. The minimum Gasteiger partial charge on any atom is -0.384 e. The lowest BCUT2D eigenvalue weighted by Crippen LogP contribution is -2.21. The third-order valence-electron chi connectivity index (χ3n) is 2.95. The molecule has 21 heavy (non-hydrogen) atoms. The summed E-state index contributed by atoms with van der Waals surface area (Å²) in [6.07, 6.45) is 0. The Labute approximate surface area is 122 Å². The molecule has 0 aromatic heterocycles. The molecule has 0 saturated carbocycles. The number of benzene rings is 2. The molecule has 0 aliphatic heterocycles. The molecule has 0 radical (unpaired) electrons. The van der Waals surface area contributed by atoms with Crippen LogP contribution in [-0.4, -0.2) is 18.0 Å². The summed E-state index contributed by atoms with van der Waals surface area (Å²) in [5.41, 5.74) is 1.94. The second-order valence-electron chi connectivity index (χ2n) is 4.53. The number of nitrogens with zero attached hydrogens (tertiary/aromatic N) is 1. The van der Waals surface area contributed by atoms with Crippen LogP contribution >= 0.6 is 0 Å². The molecule has 2 rings (SSSR count). The quantitative estimate of drug-likeness (QED) is 0.467. The summed E-state index contributed by atoms with van der Waals surface area (Å²) in [6, 6.07) is 12.6. The smallest absolute Gasteiger partial charge is 0.269 e. The fraction of sp³-hybridized carbons (Fsp3) is 0.200. The highest BCUT2D eigenvalue weighted by molar-refractivity contribution is 5.48. The monoisotopic (exact) mass is 289 g/mol. The summed E-state index contributed by atoms with van der Waals surface area (Å²) in [5, 5.41) is 16.9. The van der Waals surface area contributed by atoms with Crippen molar-refractivity contribution in [3.8, 4) is 0 Å². The molecule has 0 aliphatic rings. The molecule has 0 aliphatic carbocycles. The van der Waals surface area contributed by atoms with E-state index in [0.717, 1.165) is 17.8 Å². The SMILES string of the molecule is O=[N+]([O-])c1ccc(NCCNCc2ccc(F)cc2)cc1. The first kappa shape index (κ1) is 14.9. The van der Waals surface area contributed by atoms with E-state index in [-0.39, 0.29) is 11.5 Å². The van der Waals surface area contributed by atoms with Crippen molar-refractivity contribution in [1.29, 1.82) is 0 Å². The van der Waals surface area contributed by atoms with E-state index < -0.39 is 4.92 Å². The summed E-state index contributed by atoms with van der Waals surface area (Å²) >= 11 is 0. The van der Waals surface area contributed by atoms with Gasteiger partial charge in [0.15, 0.2) is 0 Å². The van der Waals surface area contributed by atoms with Crippen molar-refractivity contribution in [1.82, 2.24) is 5.32 Å². The average molecular weight is 289 g/mol. The van der Waals surface area contributed by atoms with Crippen LogP contribution in [0.5, 0.6) is 0 Å². The lowest BCUT2D eigenvalue weighted by molar-refractivity contribution is -0.384. The Hall–Kier alpha value is -2.47. The molecule has 5 nitrogen and oxygen atoms in total. The van der Waals surface area contributed by atoms with Crippen molar-refractivity contribution in [3.63, 3.8) is 0 Å². The molecular weight excluding hydrogens is 273 g/mol. The summed E-state index contributed by atoms with van der Waals surface area (Å²) in [7, 11) is 0. The molecule has 0 fully saturated rings. The Bertz CT molecular complexity index is 585. The maximum absolute atomic E-state index is 12.7. The largest absolute Gasteiger partial charge is 0.384 e. The molecule has 0 amide bonds. The van der Waals surface area contributed by atoms with Gasteiger partial charge < -0.3 is 10.6 Å². The number of non-ortho nitro benzene ring substituents is 1. The predicted octanol–water partition coefficient (Wildman–Crippen LogP) is 2.94. The van der Waals surface area contributed by atoms with E-state index in [1.54, 1.807) is 24.3 Å². The third-order valence-corrected chi connectivity index (χ3v) is 2.95. The predicted molar refractivity (Wildman–Crippen MR) is 79.7 cm³/mol. The van der Waals surface area contributed by atoms with Gasteiger partial charge in [0, 0.05) is 37.5 Å². The maximum Gasteiger partial charge on any atom is 0.269 e. The second-order valence-corrected chi connectivity index (χ2v) is 4.53. The highest BCUT2D eigenvalue weighted by Gasteiger charge is 2.03. The van der Waals surface area contributed by atoms with Crippen LogP contribution in [-0.2, 0) is 6.54 Å². The summed E-state index contributed by atoms with van der Waals surface area (Å²) in [4.78, 5) is 10.1. The highest BCUT2D eigenvalue weighted by atomic mass is 19.1. The van der Waals surface area contributed by atoms with E-state index >= 15 is 0 Å². The molecule has 2 aromatic rings. The molecule has 110 valence electrons. The molecule has 2 aromatic carbocycles. The standard InChI is InChI=1S/C15H16FN3O2/c16-13-3-1-12(2-4-13)11-17-9-10-18-14-5-7-15(8-6-14)19(20)21/h1-8,17-18H,9-11H2. The Kier molecular flexibility index (Phi) is 5.22. The highest BCUT2D eigenvalue weighted by Crippen LogP contribution is 2.14. The van der Waals surface area contributed by atoms with Crippen molar-refractivity contribution >= 4 is 11.4 Å². The molecule has 0 spiro atoms. The lowest BCUT2D eigenvalue weighted by Gasteiger charge is -2.08. The molecule has 0 bridgehead atoms. The van der Waals surface area contributed by atoms with Gasteiger partial charge in [0.05, 0.1) is 4.92 Å². The lowest BCUT2D eigenvalue weighted by atomic mass is 10.2. The third kappa shape index (κ3) is 4.85. The van der Waals surface area contributed by atoms with Crippen molar-refractivity contribution in [3.05, 3.63) is 70.0 Å². The van der Waals surface area contributed by atoms with Crippen LogP contribution in [0.15, 0.2) is 48.5 Å². The zero-order chi connectivity index (χ0) is 15.1. The number of halogens is 1. The van der Waals surface area contributed by atoms with Gasteiger partial charge >= 0.3 is 0 Å². The van der Waals surface area contributed by atoms with E-state index in [9.17, 15) is 14.5 Å². The van der Waals surface area contributed by atoms with Gasteiger partial charge in [0.25, 0.3) is 5.69 Å². The van der Waals surface area contributed by atoms with Crippen LogP contribution < -0.4 is 10.6 Å². The Balaban J connectivity index is 1.67. The summed E-state index contributed by atoms with van der Waals surface area (Å²) in [6.45, 7) is 2.09. The van der Waals surface area contributed by atoms with Crippen LogP contribution in [0.2, 0.25) is 0 Å². The fourth-order valence-corrected chi connectivity index (χ4v) is 1.83. The Morgan fingerprint density at radius 2 is 1.67 bits per heavy atom. The minimum atomic E-state index is -0.423. The minimum absolute atomic E-state index is 0.0787. The van der Waals surface area contributed by atoms with Crippen LogP contribution in [0.25, 0.3) is 0 Å². The molecule has 0 unspecified atom stereocenters. The molecular formula is C15H16FN3O2. The van der Waals surface area contributed by atoms with Gasteiger partial charge in [-0.2, -0.15) is 0 Å². The normalized spacial score (nSPS) is 10.3. The molecule has 6 heteroatoms. The van der Waals surface area contributed by atoms with Crippen LogP contribution in [0.1, 0.15) is 5.56 Å². The van der Waals surface area contributed by atoms with E-state index in [1.165, 1.54) is 24.3 Å². The summed E-state index contributed by atoms with van der Waals surface area (Å²) in [5.74, 6) is -0.237. The number of rotatable bonds is 7. The number of nitrogens with one attached hydrogen (secondary N) is 2. The van der Waals surface area contributed by atoms with Crippen molar-refractivity contribution in [2.75, 3.05) is 18.4 Å². The molecule has 0 atom stereocenters. The van der Waals surface area contributed by atoms with E-state index in [2.05, 4.69) is 10.6 Å². The van der Waals surface area contributed by atoms with Gasteiger partial charge in [-0.1, -0.05) is 12.1 Å². The second kappa shape index (κ2) is 7.35. The molecule has 2 N–H and O–H groups in total. The van der Waals surface area contributed by atoms with Gasteiger partial charge in [-0.05, 0) is 29.8 Å². The van der Waals surface area contributed by atoms with E-state index in [1.807, 2.05) is 0 Å². The first-order valence-corrected chi connectivity index (χ1v) is 6.58. The number of hydrogen-bond acceptors (Lipinski definition) is 4. The van der Waals surface area contributed by atoms with Gasteiger partial charge in [-0.3, -0.25) is 10.1 Å². The van der Waals surface area contributed by atoms with Crippen molar-refractivity contribution in [2.45, 2.75) is 6.54 Å². The number of nitro groups is 1. The molecule has 0 heterocycles. The maximum atomic E-state index is 12.7. The molecule has 0 saturated heterocycles. The van der Waals surface area contributed by atoms with Gasteiger partial charge in [-0.15, -0.1) is 0 Å². The van der Waals surface area contributed by atoms with E-state index in [4.69, 9.17) is 0 Å². The average Bonchev–Trinajstić information content (AvgIpc) is 2.49. The zero-order valence-corrected chi connectivity index (χ0v) is 11.4. The van der Waals surface area contributed by atoms with E-state index in [0.29, 0.717) is 13.1 Å². The van der Waals surface area contributed by atoms with Gasteiger partial charge in [-0.25, -0.2) is 4.39 Å². The fourth-order valence-electron chi connectivity index (χ4n) is 1.83. The van der Waals surface area contributed by atoms with Gasteiger partial charge in [0.1, 0.15) is 5.82 Å². The van der Waals surface area contributed by atoms with Crippen LogP contribution in [0.3, 0.4) is 0 Å². The number of anilines is 1. The van der Waals surface area contributed by atoms with Crippen molar-refractivity contribution in [2.24, 2.45) is 0 Å². The van der Waals surface area contributed by atoms with Gasteiger partial charge in [0.2, 0.25) is 0 Å². The first-order valence-electron chi connectivity index (χ1n) is 6.58. The Morgan fingerprint density at radius 1 is 1.00 bits per heavy atom.